The minimum atomic E-state index is -0.438. The van der Waals surface area contributed by atoms with E-state index >= 15 is 0 Å². The van der Waals surface area contributed by atoms with Gasteiger partial charge in [-0.3, -0.25) is 10.1 Å². The number of anilines is 1. The van der Waals surface area contributed by atoms with E-state index in [-0.39, 0.29) is 24.4 Å². The Morgan fingerprint density at radius 3 is 2.73 bits per heavy atom. The number of nitrogens with zero attached hydrogens (tertiary/aromatic N) is 1. The van der Waals surface area contributed by atoms with Crippen molar-refractivity contribution in [3.05, 3.63) is 29.1 Å². The van der Waals surface area contributed by atoms with Gasteiger partial charge in [0.15, 0.2) is 5.13 Å². The lowest BCUT2D eigenvalue weighted by Gasteiger charge is -2.11. The van der Waals surface area contributed by atoms with Gasteiger partial charge in [0, 0.05) is 17.0 Å². The quantitative estimate of drug-likeness (QED) is 0.780. The summed E-state index contributed by atoms with van der Waals surface area (Å²) in [6, 6.07) is 7.81. The first-order valence-electron chi connectivity index (χ1n) is 8.47. The van der Waals surface area contributed by atoms with Crippen molar-refractivity contribution in [3.8, 4) is 17.0 Å². The van der Waals surface area contributed by atoms with Gasteiger partial charge in [-0.15, -0.1) is 23.7 Å². The standard InChI is InChI=1S/C18H23N3O3S.ClH/c1-3-23-13-6-4-12(5-7-13)16-11(2)25-18(20-16)21-17(22)15-9-8-14(10-19)24-15;/h4-7,14-15H,3,8-10,19H2,1-2H3,(H,20,21,22);1H/t14-,15+;/m1./s1. The molecule has 1 aromatic carbocycles. The number of carbonyl (C=O) groups is 1. The normalized spacial score (nSPS) is 19.0. The molecular formula is C18H24ClN3O3S. The van der Waals surface area contributed by atoms with E-state index in [1.807, 2.05) is 38.1 Å². The van der Waals surface area contributed by atoms with Crippen molar-refractivity contribution in [2.75, 3.05) is 18.5 Å². The minimum Gasteiger partial charge on any atom is -0.494 e. The van der Waals surface area contributed by atoms with Crippen molar-refractivity contribution >= 4 is 34.8 Å². The molecule has 0 saturated carbocycles. The van der Waals surface area contributed by atoms with Crippen LogP contribution in [0.2, 0.25) is 0 Å². The lowest BCUT2D eigenvalue weighted by atomic mass is 10.1. The Hall–Kier alpha value is -1.67. The van der Waals surface area contributed by atoms with Gasteiger partial charge in [0.25, 0.3) is 5.91 Å². The zero-order valence-electron chi connectivity index (χ0n) is 14.9. The summed E-state index contributed by atoms with van der Waals surface area (Å²) in [6.07, 6.45) is 1.06. The first-order chi connectivity index (χ1) is 12.1. The molecule has 1 aliphatic rings. The molecule has 8 heteroatoms. The third-order valence-corrected chi connectivity index (χ3v) is 5.01. The molecule has 1 saturated heterocycles. The highest BCUT2D eigenvalue weighted by atomic mass is 35.5. The van der Waals surface area contributed by atoms with Crippen LogP contribution in [0.15, 0.2) is 24.3 Å². The smallest absolute Gasteiger partial charge is 0.255 e. The number of aryl methyl sites for hydroxylation is 1. The molecule has 3 N–H and O–H groups in total. The first-order valence-corrected chi connectivity index (χ1v) is 9.29. The number of nitrogens with two attached hydrogens (primary N) is 1. The van der Waals surface area contributed by atoms with Gasteiger partial charge >= 0.3 is 0 Å². The van der Waals surface area contributed by atoms with Crippen molar-refractivity contribution in [2.45, 2.75) is 38.9 Å². The molecule has 26 heavy (non-hydrogen) atoms. The van der Waals surface area contributed by atoms with Crippen LogP contribution in [0.4, 0.5) is 5.13 Å². The fourth-order valence-electron chi connectivity index (χ4n) is 2.85. The summed E-state index contributed by atoms with van der Waals surface area (Å²) in [4.78, 5) is 17.9. The molecule has 1 aromatic heterocycles. The summed E-state index contributed by atoms with van der Waals surface area (Å²) in [7, 11) is 0. The van der Waals surface area contributed by atoms with Crippen LogP contribution >= 0.6 is 23.7 Å². The molecular weight excluding hydrogens is 374 g/mol. The Kier molecular flexibility index (Phi) is 7.40. The van der Waals surface area contributed by atoms with Crippen LogP contribution in [0.1, 0.15) is 24.6 Å². The number of hydrogen-bond donors (Lipinski definition) is 2. The summed E-state index contributed by atoms with van der Waals surface area (Å²) < 4.78 is 11.1. The molecule has 1 amide bonds. The molecule has 2 aromatic rings. The molecule has 1 fully saturated rings. The molecule has 6 nitrogen and oxygen atoms in total. The van der Waals surface area contributed by atoms with Crippen LogP contribution in [0.5, 0.6) is 5.75 Å². The van der Waals surface area contributed by atoms with E-state index in [2.05, 4.69) is 10.3 Å². The van der Waals surface area contributed by atoms with Gasteiger partial charge in [0.2, 0.25) is 0 Å². The largest absolute Gasteiger partial charge is 0.494 e. The summed E-state index contributed by atoms with van der Waals surface area (Å²) >= 11 is 1.46. The maximum Gasteiger partial charge on any atom is 0.255 e. The summed E-state index contributed by atoms with van der Waals surface area (Å²) in [5, 5.41) is 3.46. The molecule has 0 unspecified atom stereocenters. The molecule has 0 spiro atoms. The number of aromatic nitrogens is 1. The summed E-state index contributed by atoms with van der Waals surface area (Å²) in [5.74, 6) is 0.684. The van der Waals surface area contributed by atoms with E-state index in [4.69, 9.17) is 15.2 Å². The van der Waals surface area contributed by atoms with E-state index in [0.717, 1.165) is 28.3 Å². The predicted octanol–water partition coefficient (Wildman–Crippen LogP) is 3.38. The maximum atomic E-state index is 12.3. The highest BCUT2D eigenvalue weighted by molar-refractivity contribution is 7.16. The van der Waals surface area contributed by atoms with Gasteiger partial charge in [-0.05, 0) is 51.0 Å². The number of rotatable bonds is 6. The number of amides is 1. The van der Waals surface area contributed by atoms with Crippen LogP contribution in [0.3, 0.4) is 0 Å². The SMILES string of the molecule is CCOc1ccc(-c2nc(NC(=O)[C@@H]3CC[C@H](CN)O3)sc2C)cc1.Cl. The molecule has 2 heterocycles. The van der Waals surface area contributed by atoms with E-state index in [0.29, 0.717) is 24.7 Å². The Morgan fingerprint density at radius 2 is 2.12 bits per heavy atom. The van der Waals surface area contributed by atoms with Crippen molar-refractivity contribution in [1.82, 2.24) is 4.98 Å². The zero-order chi connectivity index (χ0) is 17.8. The summed E-state index contributed by atoms with van der Waals surface area (Å²) in [5.41, 5.74) is 7.46. The summed E-state index contributed by atoms with van der Waals surface area (Å²) in [6.45, 7) is 5.04. The van der Waals surface area contributed by atoms with Crippen molar-refractivity contribution < 1.29 is 14.3 Å². The topological polar surface area (TPSA) is 86.5 Å². The van der Waals surface area contributed by atoms with Crippen molar-refractivity contribution in [1.29, 1.82) is 0 Å². The molecule has 0 radical (unpaired) electrons. The van der Waals surface area contributed by atoms with E-state index in [9.17, 15) is 4.79 Å². The second-order valence-electron chi connectivity index (χ2n) is 5.93. The second-order valence-corrected chi connectivity index (χ2v) is 7.13. The van der Waals surface area contributed by atoms with Gasteiger partial charge in [-0.2, -0.15) is 0 Å². The van der Waals surface area contributed by atoms with Crippen LogP contribution in [-0.4, -0.2) is 36.3 Å². The number of halogens is 1. The predicted molar refractivity (Wildman–Crippen MR) is 106 cm³/mol. The van der Waals surface area contributed by atoms with E-state index in [1.165, 1.54) is 11.3 Å². The average molecular weight is 398 g/mol. The van der Waals surface area contributed by atoms with Crippen LogP contribution in [-0.2, 0) is 9.53 Å². The maximum absolute atomic E-state index is 12.3. The lowest BCUT2D eigenvalue weighted by molar-refractivity contribution is -0.126. The number of ether oxygens (including phenoxy) is 2. The number of nitrogens with one attached hydrogen (secondary N) is 1. The van der Waals surface area contributed by atoms with Crippen molar-refractivity contribution in [2.24, 2.45) is 5.73 Å². The molecule has 142 valence electrons. The van der Waals surface area contributed by atoms with Gasteiger partial charge in [0.05, 0.1) is 18.4 Å². The molecule has 0 bridgehead atoms. The third kappa shape index (κ3) is 4.73. The van der Waals surface area contributed by atoms with Crippen molar-refractivity contribution in [3.63, 3.8) is 0 Å². The van der Waals surface area contributed by atoms with Crippen LogP contribution in [0, 0.1) is 6.92 Å². The van der Waals surface area contributed by atoms with Crippen LogP contribution < -0.4 is 15.8 Å². The molecule has 2 atom stereocenters. The van der Waals surface area contributed by atoms with Crippen LogP contribution in [0.25, 0.3) is 11.3 Å². The lowest BCUT2D eigenvalue weighted by Crippen LogP contribution is -2.29. The molecule has 0 aliphatic carbocycles. The number of carbonyl (C=O) groups excluding carboxylic acids is 1. The number of hydrogen-bond acceptors (Lipinski definition) is 6. The third-order valence-electron chi connectivity index (χ3n) is 4.13. The zero-order valence-corrected chi connectivity index (χ0v) is 16.5. The Labute approximate surface area is 163 Å². The Bertz CT molecular complexity index is 736. The Balaban J connectivity index is 0.00000243. The number of benzene rings is 1. The van der Waals surface area contributed by atoms with E-state index < -0.39 is 6.10 Å². The average Bonchev–Trinajstić information content (AvgIpc) is 3.22. The first kappa shape index (κ1) is 20.6. The fraction of sp³-hybridized carbons (Fsp3) is 0.444. The molecule has 3 rings (SSSR count). The highest BCUT2D eigenvalue weighted by Gasteiger charge is 2.30. The van der Waals surface area contributed by atoms with Gasteiger partial charge in [-0.25, -0.2) is 4.98 Å². The van der Waals surface area contributed by atoms with Gasteiger partial charge in [-0.1, -0.05) is 0 Å². The van der Waals surface area contributed by atoms with Gasteiger partial charge < -0.3 is 15.2 Å². The molecule has 1 aliphatic heterocycles. The number of thiazole rings is 1. The highest BCUT2D eigenvalue weighted by Crippen LogP contribution is 2.32. The fourth-order valence-corrected chi connectivity index (χ4v) is 3.69. The Morgan fingerprint density at radius 1 is 1.38 bits per heavy atom. The monoisotopic (exact) mass is 397 g/mol. The van der Waals surface area contributed by atoms with E-state index in [1.54, 1.807) is 0 Å². The minimum absolute atomic E-state index is 0. The second kappa shape index (κ2) is 9.32. The van der Waals surface area contributed by atoms with Gasteiger partial charge in [0.1, 0.15) is 11.9 Å².